The zero-order chi connectivity index (χ0) is 20.1. The summed E-state index contributed by atoms with van der Waals surface area (Å²) in [6.45, 7) is 0.525. The molecule has 0 saturated heterocycles. The van der Waals surface area contributed by atoms with E-state index in [9.17, 15) is 9.18 Å². The molecular formula is C24H16BrFN2O. The number of nitrogens with zero attached hydrogens (tertiary/aromatic N) is 1. The summed E-state index contributed by atoms with van der Waals surface area (Å²) in [5.74, 6) is -0.814. The summed E-state index contributed by atoms with van der Waals surface area (Å²) in [6.07, 6.45) is 0. The van der Waals surface area contributed by atoms with E-state index in [1.54, 1.807) is 12.1 Å². The maximum Gasteiger partial charge on any atom is 0.249 e. The Labute approximate surface area is 174 Å². The lowest BCUT2D eigenvalue weighted by Gasteiger charge is -2.12. The molecule has 5 aromatic rings. The third-order valence-electron chi connectivity index (χ3n) is 5.39. The second-order valence-corrected chi connectivity index (χ2v) is 7.86. The molecule has 2 N–H and O–H groups in total. The van der Waals surface area contributed by atoms with Gasteiger partial charge in [-0.3, -0.25) is 4.79 Å². The molecular weight excluding hydrogens is 431 g/mol. The van der Waals surface area contributed by atoms with Crippen LogP contribution in [0.5, 0.6) is 0 Å². The zero-order valence-electron chi connectivity index (χ0n) is 15.3. The first-order valence-corrected chi connectivity index (χ1v) is 10.0. The Hall–Kier alpha value is -3.18. The predicted octanol–water partition coefficient (Wildman–Crippen LogP) is 6.00. The molecule has 0 bridgehead atoms. The first-order chi connectivity index (χ1) is 14.0. The minimum atomic E-state index is -0.495. The number of primary amides is 1. The van der Waals surface area contributed by atoms with E-state index < -0.39 is 5.91 Å². The number of amides is 1. The van der Waals surface area contributed by atoms with Crippen LogP contribution < -0.4 is 5.73 Å². The molecule has 0 aliphatic heterocycles. The number of halogens is 2. The van der Waals surface area contributed by atoms with Crippen molar-refractivity contribution in [3.8, 4) is 0 Å². The van der Waals surface area contributed by atoms with Crippen molar-refractivity contribution >= 4 is 54.4 Å². The summed E-state index contributed by atoms with van der Waals surface area (Å²) in [5.41, 5.74) is 8.70. The van der Waals surface area contributed by atoms with Crippen molar-refractivity contribution in [2.24, 2.45) is 5.73 Å². The maximum atomic E-state index is 14.1. The average Bonchev–Trinajstić information content (AvgIpc) is 3.03. The van der Waals surface area contributed by atoms with Crippen LogP contribution in [0.25, 0.3) is 32.6 Å². The minimum absolute atomic E-state index is 0.320. The quantitative estimate of drug-likeness (QED) is 0.363. The Balaban J connectivity index is 1.81. The second-order valence-electron chi connectivity index (χ2n) is 7.07. The van der Waals surface area contributed by atoms with E-state index in [1.165, 1.54) is 12.1 Å². The van der Waals surface area contributed by atoms with E-state index in [0.29, 0.717) is 12.1 Å². The molecule has 5 rings (SSSR count). The molecule has 4 aromatic carbocycles. The molecule has 5 heteroatoms. The number of fused-ring (bicyclic) bond motifs is 4. The summed E-state index contributed by atoms with van der Waals surface area (Å²) in [4.78, 5) is 12.0. The highest BCUT2D eigenvalue weighted by Gasteiger charge is 2.18. The first-order valence-electron chi connectivity index (χ1n) is 9.21. The fourth-order valence-electron chi connectivity index (χ4n) is 4.06. The van der Waals surface area contributed by atoms with Crippen molar-refractivity contribution in [3.63, 3.8) is 0 Å². The highest BCUT2D eigenvalue weighted by Crippen LogP contribution is 2.35. The first kappa shape index (κ1) is 17.9. The third kappa shape index (κ3) is 2.81. The molecule has 0 fully saturated rings. The number of aromatic nitrogens is 1. The molecule has 1 amide bonds. The second kappa shape index (κ2) is 6.71. The number of hydrogen-bond acceptors (Lipinski definition) is 1. The van der Waals surface area contributed by atoms with Crippen molar-refractivity contribution in [3.05, 3.63) is 94.2 Å². The van der Waals surface area contributed by atoms with Crippen LogP contribution in [0.15, 0.2) is 77.3 Å². The van der Waals surface area contributed by atoms with Gasteiger partial charge in [0.1, 0.15) is 5.82 Å². The maximum absolute atomic E-state index is 14.1. The summed E-state index contributed by atoms with van der Waals surface area (Å²) < 4.78 is 17.2. The average molecular weight is 447 g/mol. The Morgan fingerprint density at radius 3 is 2.59 bits per heavy atom. The molecule has 0 aliphatic carbocycles. The standard InChI is InChI=1S/C24H16BrFN2O/c25-23-15(9-8-14-4-1-2-5-17(14)23)13-28-20-7-3-6-19(24(27)29)22(20)18-11-10-16(26)12-21(18)28/h1-12H,13H2,(H2,27,29). The van der Waals surface area contributed by atoms with Gasteiger partial charge in [-0.2, -0.15) is 0 Å². The van der Waals surface area contributed by atoms with Crippen LogP contribution in [0.3, 0.4) is 0 Å². The van der Waals surface area contributed by atoms with Gasteiger partial charge in [-0.05, 0) is 62.6 Å². The highest BCUT2D eigenvalue weighted by molar-refractivity contribution is 9.10. The van der Waals surface area contributed by atoms with Gasteiger partial charge in [0.2, 0.25) is 5.91 Å². The van der Waals surface area contributed by atoms with Gasteiger partial charge in [0, 0.05) is 27.4 Å². The number of carbonyl (C=O) groups excluding carboxylic acids is 1. The molecule has 1 aromatic heterocycles. The highest BCUT2D eigenvalue weighted by atomic mass is 79.9. The number of hydrogen-bond donors (Lipinski definition) is 1. The zero-order valence-corrected chi connectivity index (χ0v) is 16.9. The Morgan fingerprint density at radius 2 is 1.76 bits per heavy atom. The van der Waals surface area contributed by atoms with E-state index >= 15 is 0 Å². The van der Waals surface area contributed by atoms with Gasteiger partial charge in [0.15, 0.2) is 0 Å². The summed E-state index contributed by atoms with van der Waals surface area (Å²) in [6, 6.07) is 22.4. The molecule has 1 heterocycles. The van der Waals surface area contributed by atoms with Gasteiger partial charge in [0.05, 0.1) is 11.0 Å². The van der Waals surface area contributed by atoms with Gasteiger partial charge in [0.25, 0.3) is 0 Å². The van der Waals surface area contributed by atoms with Gasteiger partial charge < -0.3 is 10.3 Å². The molecule has 29 heavy (non-hydrogen) atoms. The van der Waals surface area contributed by atoms with E-state index in [-0.39, 0.29) is 5.82 Å². The van der Waals surface area contributed by atoms with Gasteiger partial charge in [-0.1, -0.05) is 42.5 Å². The number of carbonyl (C=O) groups is 1. The van der Waals surface area contributed by atoms with E-state index in [2.05, 4.69) is 40.2 Å². The van der Waals surface area contributed by atoms with Crippen LogP contribution in [0.2, 0.25) is 0 Å². The fourth-order valence-corrected chi connectivity index (χ4v) is 4.68. The summed E-state index contributed by atoms with van der Waals surface area (Å²) in [5, 5.41) is 3.84. The Kier molecular flexibility index (Phi) is 4.14. The molecule has 3 nitrogen and oxygen atoms in total. The molecule has 0 unspecified atom stereocenters. The van der Waals surface area contributed by atoms with E-state index in [1.807, 2.05) is 28.8 Å². The van der Waals surface area contributed by atoms with Crippen LogP contribution in [-0.2, 0) is 6.54 Å². The Bertz CT molecular complexity index is 1440. The summed E-state index contributed by atoms with van der Waals surface area (Å²) in [7, 11) is 0. The van der Waals surface area contributed by atoms with Crippen LogP contribution in [0, 0.1) is 5.82 Å². The van der Waals surface area contributed by atoms with Crippen molar-refractivity contribution < 1.29 is 9.18 Å². The monoisotopic (exact) mass is 446 g/mol. The predicted molar refractivity (Wildman–Crippen MR) is 119 cm³/mol. The van der Waals surface area contributed by atoms with Crippen molar-refractivity contribution in [2.75, 3.05) is 0 Å². The largest absolute Gasteiger partial charge is 0.366 e. The Morgan fingerprint density at radius 1 is 0.931 bits per heavy atom. The smallest absolute Gasteiger partial charge is 0.249 e. The normalized spacial score (nSPS) is 11.5. The molecule has 0 spiro atoms. The lowest BCUT2D eigenvalue weighted by Crippen LogP contribution is -2.11. The number of benzene rings is 4. The van der Waals surface area contributed by atoms with Gasteiger partial charge in [-0.25, -0.2) is 4.39 Å². The fraction of sp³-hybridized carbons (Fsp3) is 0.0417. The molecule has 0 saturated carbocycles. The lowest BCUT2D eigenvalue weighted by molar-refractivity contribution is 0.100. The minimum Gasteiger partial charge on any atom is -0.366 e. The van der Waals surface area contributed by atoms with Crippen LogP contribution in [0.1, 0.15) is 15.9 Å². The van der Waals surface area contributed by atoms with Crippen LogP contribution in [-0.4, -0.2) is 10.5 Å². The molecule has 0 aliphatic rings. The van der Waals surface area contributed by atoms with Crippen LogP contribution >= 0.6 is 15.9 Å². The van der Waals surface area contributed by atoms with E-state index in [0.717, 1.165) is 42.6 Å². The lowest BCUT2D eigenvalue weighted by atomic mass is 10.1. The number of rotatable bonds is 3. The molecule has 0 radical (unpaired) electrons. The van der Waals surface area contributed by atoms with Gasteiger partial charge >= 0.3 is 0 Å². The third-order valence-corrected chi connectivity index (χ3v) is 6.33. The van der Waals surface area contributed by atoms with Crippen molar-refractivity contribution in [1.82, 2.24) is 4.57 Å². The summed E-state index contributed by atoms with van der Waals surface area (Å²) >= 11 is 3.75. The molecule has 0 atom stereocenters. The van der Waals surface area contributed by atoms with Gasteiger partial charge in [-0.15, -0.1) is 0 Å². The topological polar surface area (TPSA) is 48.0 Å². The number of nitrogens with two attached hydrogens (primary N) is 1. The van der Waals surface area contributed by atoms with Crippen molar-refractivity contribution in [2.45, 2.75) is 6.54 Å². The van der Waals surface area contributed by atoms with E-state index in [4.69, 9.17) is 5.73 Å². The van der Waals surface area contributed by atoms with Crippen molar-refractivity contribution in [1.29, 1.82) is 0 Å². The SMILES string of the molecule is NC(=O)c1cccc2c1c1ccc(F)cc1n2Cc1ccc2ccccc2c1Br. The molecule has 142 valence electrons. The van der Waals surface area contributed by atoms with Crippen LogP contribution in [0.4, 0.5) is 4.39 Å².